The molecule has 1 heterocycles. The summed E-state index contributed by atoms with van der Waals surface area (Å²) in [6.07, 6.45) is 4.27. The van der Waals surface area contributed by atoms with Gasteiger partial charge in [-0.1, -0.05) is 56.1 Å². The number of aliphatic hydroxyl groups excluding tert-OH is 1. The average Bonchev–Trinajstić information content (AvgIpc) is 2.49. The molecule has 5 heteroatoms. The molecular formula is C18H19Cl2NO2. The monoisotopic (exact) mass is 351 g/mol. The van der Waals surface area contributed by atoms with E-state index in [4.69, 9.17) is 27.9 Å². The number of benzene rings is 1. The smallest absolute Gasteiger partial charge is 0.164 e. The van der Waals surface area contributed by atoms with Crippen LogP contribution in [-0.4, -0.2) is 16.2 Å². The molecule has 1 aromatic carbocycles. The first-order chi connectivity index (χ1) is 10.8. The van der Waals surface area contributed by atoms with Crippen LogP contribution in [0.4, 0.5) is 0 Å². The third-order valence-corrected chi connectivity index (χ3v) is 3.82. The molecule has 0 amide bonds. The minimum absolute atomic E-state index is 0.328. The van der Waals surface area contributed by atoms with Crippen LogP contribution in [0.15, 0.2) is 48.5 Å². The maximum atomic E-state index is 10.7. The molecule has 3 nitrogen and oxygen atoms in total. The molecular weight excluding hydrogens is 333 g/mol. The Kier molecular flexibility index (Phi) is 5.69. The van der Waals surface area contributed by atoms with Crippen LogP contribution in [0.25, 0.3) is 6.08 Å². The van der Waals surface area contributed by atoms with Crippen LogP contribution in [0.3, 0.4) is 0 Å². The zero-order valence-electron chi connectivity index (χ0n) is 13.3. The Labute approximate surface area is 146 Å². The highest BCUT2D eigenvalue weighted by Crippen LogP contribution is 2.36. The number of hydrogen-bond acceptors (Lipinski definition) is 3. The number of pyridine rings is 1. The maximum Gasteiger partial charge on any atom is 0.164 e. The lowest BCUT2D eigenvalue weighted by molar-refractivity contribution is 0.0642. The van der Waals surface area contributed by atoms with Crippen LogP contribution >= 0.6 is 23.2 Å². The largest absolute Gasteiger partial charge is 0.456 e. The van der Waals surface area contributed by atoms with Crippen molar-refractivity contribution in [3.05, 3.63) is 64.1 Å². The van der Waals surface area contributed by atoms with Gasteiger partial charge in [0.25, 0.3) is 0 Å². The second kappa shape index (κ2) is 7.35. The lowest BCUT2D eigenvalue weighted by Crippen LogP contribution is -2.30. The Morgan fingerprint density at radius 3 is 2.35 bits per heavy atom. The van der Waals surface area contributed by atoms with Crippen molar-refractivity contribution in [2.45, 2.75) is 26.9 Å². The number of halogens is 2. The highest BCUT2D eigenvalue weighted by molar-refractivity contribution is 6.37. The van der Waals surface area contributed by atoms with Crippen LogP contribution < -0.4 is 4.74 Å². The predicted molar refractivity (Wildman–Crippen MR) is 94.8 cm³/mol. The number of ether oxygens (including phenoxy) is 1. The van der Waals surface area contributed by atoms with Gasteiger partial charge in [-0.05, 0) is 35.3 Å². The molecule has 0 spiro atoms. The number of para-hydroxylation sites is 1. The fraction of sp³-hybridized carbons (Fsp3) is 0.278. The molecule has 1 aromatic heterocycles. The van der Waals surface area contributed by atoms with Crippen molar-refractivity contribution in [3.8, 4) is 5.75 Å². The summed E-state index contributed by atoms with van der Waals surface area (Å²) in [5.41, 5.74) is 0.399. The van der Waals surface area contributed by atoms with Crippen molar-refractivity contribution in [2.24, 2.45) is 5.41 Å². The van der Waals surface area contributed by atoms with E-state index in [9.17, 15) is 5.11 Å². The van der Waals surface area contributed by atoms with Crippen molar-refractivity contribution in [1.29, 1.82) is 0 Å². The van der Waals surface area contributed by atoms with Gasteiger partial charge in [0, 0.05) is 12.4 Å². The Morgan fingerprint density at radius 1 is 1.17 bits per heavy atom. The van der Waals surface area contributed by atoms with Gasteiger partial charge in [0.1, 0.15) is 11.9 Å². The van der Waals surface area contributed by atoms with Gasteiger partial charge in [0.15, 0.2) is 5.75 Å². The summed E-state index contributed by atoms with van der Waals surface area (Å²) in [6.45, 7) is 5.77. The van der Waals surface area contributed by atoms with Crippen LogP contribution in [0.5, 0.6) is 5.75 Å². The Hall–Kier alpha value is -1.55. The van der Waals surface area contributed by atoms with Gasteiger partial charge in [-0.3, -0.25) is 4.98 Å². The summed E-state index contributed by atoms with van der Waals surface area (Å²) in [5.74, 6) is 0.690. The summed E-state index contributed by atoms with van der Waals surface area (Å²) in [7, 11) is 0. The molecule has 0 bridgehead atoms. The van der Waals surface area contributed by atoms with E-state index in [0.29, 0.717) is 21.6 Å². The summed E-state index contributed by atoms with van der Waals surface area (Å²) < 4.78 is 5.89. The summed E-state index contributed by atoms with van der Waals surface area (Å²) in [6, 6.07) is 8.80. The molecule has 1 N–H and O–H groups in total. The molecule has 0 fully saturated rings. The van der Waals surface area contributed by atoms with E-state index in [2.05, 4.69) is 4.98 Å². The van der Waals surface area contributed by atoms with Gasteiger partial charge in [0.05, 0.1) is 10.0 Å². The van der Waals surface area contributed by atoms with Gasteiger partial charge < -0.3 is 9.84 Å². The van der Waals surface area contributed by atoms with E-state index in [1.165, 1.54) is 0 Å². The minimum atomic E-state index is -0.838. The number of nitrogens with zero attached hydrogens (tertiary/aromatic N) is 1. The first kappa shape index (κ1) is 17.8. The number of aromatic nitrogens is 1. The molecule has 0 aliphatic heterocycles. The molecule has 2 rings (SSSR count). The lowest BCUT2D eigenvalue weighted by Gasteiger charge is -2.28. The van der Waals surface area contributed by atoms with Gasteiger partial charge in [-0.2, -0.15) is 0 Å². The topological polar surface area (TPSA) is 42.4 Å². The average molecular weight is 352 g/mol. The lowest BCUT2D eigenvalue weighted by atomic mass is 9.87. The SMILES string of the molecule is CC(C)(C)C(O)C(=Cc1cccnc1)Oc1c(Cl)cccc1Cl. The quantitative estimate of drug-likeness (QED) is 0.768. The number of hydrogen-bond donors (Lipinski definition) is 1. The van der Waals surface area contributed by atoms with E-state index in [1.807, 2.05) is 32.9 Å². The summed E-state index contributed by atoms with van der Waals surface area (Å²) in [5, 5.41) is 11.4. The molecule has 1 unspecified atom stereocenters. The summed E-state index contributed by atoms with van der Waals surface area (Å²) >= 11 is 12.3. The van der Waals surface area contributed by atoms with Crippen LogP contribution in [0.1, 0.15) is 26.3 Å². The van der Waals surface area contributed by atoms with E-state index >= 15 is 0 Å². The highest BCUT2D eigenvalue weighted by Gasteiger charge is 2.28. The normalized spacial score (nSPS) is 13.7. The number of rotatable bonds is 4. The van der Waals surface area contributed by atoms with Gasteiger partial charge in [0.2, 0.25) is 0 Å². The van der Waals surface area contributed by atoms with Crippen LogP contribution in [0.2, 0.25) is 10.0 Å². The fourth-order valence-corrected chi connectivity index (χ4v) is 2.39. The van der Waals surface area contributed by atoms with Crippen molar-refractivity contribution < 1.29 is 9.84 Å². The zero-order chi connectivity index (χ0) is 17.0. The molecule has 2 aromatic rings. The summed E-state index contributed by atoms with van der Waals surface area (Å²) in [4.78, 5) is 4.07. The molecule has 0 saturated heterocycles. The highest BCUT2D eigenvalue weighted by atomic mass is 35.5. The molecule has 0 saturated carbocycles. The molecule has 23 heavy (non-hydrogen) atoms. The Balaban J connectivity index is 2.44. The van der Waals surface area contributed by atoms with Crippen LogP contribution in [-0.2, 0) is 0 Å². The number of aliphatic hydroxyl groups is 1. The predicted octanol–water partition coefficient (Wildman–Crippen LogP) is 5.22. The van der Waals surface area contributed by atoms with Crippen molar-refractivity contribution in [2.75, 3.05) is 0 Å². The molecule has 0 aliphatic carbocycles. The molecule has 122 valence electrons. The second-order valence-electron chi connectivity index (χ2n) is 6.25. The minimum Gasteiger partial charge on any atom is -0.456 e. The Morgan fingerprint density at radius 2 is 1.83 bits per heavy atom. The second-order valence-corrected chi connectivity index (χ2v) is 7.07. The van der Waals surface area contributed by atoms with Crippen LogP contribution in [0, 0.1) is 5.41 Å². The Bertz CT molecular complexity index is 674. The van der Waals surface area contributed by atoms with E-state index in [0.717, 1.165) is 5.56 Å². The van der Waals surface area contributed by atoms with E-state index in [1.54, 1.807) is 36.7 Å². The first-order valence-corrected chi connectivity index (χ1v) is 7.96. The third kappa shape index (κ3) is 4.71. The van der Waals surface area contributed by atoms with E-state index in [-0.39, 0.29) is 0 Å². The van der Waals surface area contributed by atoms with Crippen molar-refractivity contribution >= 4 is 29.3 Å². The standard InChI is InChI=1S/C18H19Cl2NO2/c1-18(2,3)17(22)15(10-12-6-5-9-21-11-12)23-16-13(19)7-4-8-14(16)20/h4-11,17,22H,1-3H3. The first-order valence-electron chi connectivity index (χ1n) is 7.20. The van der Waals surface area contributed by atoms with Gasteiger partial charge in [-0.15, -0.1) is 0 Å². The van der Waals surface area contributed by atoms with Crippen molar-refractivity contribution in [1.82, 2.24) is 4.98 Å². The van der Waals surface area contributed by atoms with Crippen molar-refractivity contribution in [3.63, 3.8) is 0 Å². The van der Waals surface area contributed by atoms with E-state index < -0.39 is 11.5 Å². The fourth-order valence-electron chi connectivity index (χ4n) is 1.91. The van der Waals surface area contributed by atoms with Gasteiger partial charge >= 0.3 is 0 Å². The van der Waals surface area contributed by atoms with Gasteiger partial charge in [-0.25, -0.2) is 0 Å². The molecule has 0 radical (unpaired) electrons. The molecule has 0 aliphatic rings. The molecule has 1 atom stereocenters. The third-order valence-electron chi connectivity index (χ3n) is 3.22. The maximum absolute atomic E-state index is 10.7. The zero-order valence-corrected chi connectivity index (χ0v) is 14.8.